The average molecular weight is 374 g/mol. The molecule has 0 spiro atoms. The molecule has 1 heterocycles. The molecule has 1 atom stereocenters. The molecule has 1 fully saturated rings. The van der Waals surface area contributed by atoms with Gasteiger partial charge < -0.3 is 10.1 Å². The number of nitrogens with one attached hydrogen (secondary N) is 2. The highest BCUT2D eigenvalue weighted by Crippen LogP contribution is 2.42. The van der Waals surface area contributed by atoms with E-state index in [1.54, 1.807) is 31.4 Å². The summed E-state index contributed by atoms with van der Waals surface area (Å²) in [6, 6.07) is 6.07. The predicted molar refractivity (Wildman–Crippen MR) is 99.6 cm³/mol. The van der Waals surface area contributed by atoms with E-state index in [9.17, 15) is 9.59 Å². The maximum atomic E-state index is 12.6. The van der Waals surface area contributed by atoms with Gasteiger partial charge in [-0.15, -0.1) is 10.2 Å². The lowest BCUT2D eigenvalue weighted by Gasteiger charge is -2.21. The second kappa shape index (κ2) is 7.82. The van der Waals surface area contributed by atoms with Crippen molar-refractivity contribution in [3.8, 4) is 5.75 Å². The van der Waals surface area contributed by atoms with Crippen LogP contribution in [-0.2, 0) is 4.79 Å². The Morgan fingerprint density at radius 3 is 2.46 bits per heavy atom. The molecule has 1 saturated carbocycles. The van der Waals surface area contributed by atoms with Gasteiger partial charge in [0.1, 0.15) is 16.8 Å². The zero-order chi connectivity index (χ0) is 18.7. The topological polar surface area (TPSA) is 93.2 Å². The van der Waals surface area contributed by atoms with Gasteiger partial charge in [0.05, 0.1) is 7.11 Å². The molecule has 2 amide bonds. The largest absolute Gasteiger partial charge is 0.497 e. The Kier molecular flexibility index (Phi) is 5.51. The van der Waals surface area contributed by atoms with E-state index in [1.165, 1.54) is 11.3 Å². The number of ether oxygens (including phenoxy) is 1. The summed E-state index contributed by atoms with van der Waals surface area (Å²) in [5, 5.41) is 15.1. The number of hydrogen-bond donors (Lipinski definition) is 2. The van der Waals surface area contributed by atoms with Crippen LogP contribution in [0.3, 0.4) is 0 Å². The minimum Gasteiger partial charge on any atom is -0.497 e. The molecule has 2 aromatic rings. The van der Waals surface area contributed by atoms with E-state index in [2.05, 4.69) is 20.8 Å². The van der Waals surface area contributed by atoms with Crippen LogP contribution in [0.2, 0.25) is 0 Å². The number of benzene rings is 1. The number of amides is 2. The molecule has 26 heavy (non-hydrogen) atoms. The van der Waals surface area contributed by atoms with E-state index in [1.807, 2.05) is 13.8 Å². The van der Waals surface area contributed by atoms with Crippen LogP contribution in [0.4, 0.5) is 5.13 Å². The highest BCUT2D eigenvalue weighted by Gasteiger charge is 2.29. The first-order valence-corrected chi connectivity index (χ1v) is 9.38. The van der Waals surface area contributed by atoms with E-state index in [0.717, 1.165) is 17.8 Å². The number of nitrogens with zero attached hydrogens (tertiary/aromatic N) is 2. The Morgan fingerprint density at radius 2 is 1.88 bits per heavy atom. The van der Waals surface area contributed by atoms with Crippen LogP contribution < -0.4 is 15.4 Å². The third-order valence-electron chi connectivity index (χ3n) is 4.19. The van der Waals surface area contributed by atoms with Gasteiger partial charge in [0.25, 0.3) is 5.91 Å². The molecule has 3 rings (SSSR count). The van der Waals surface area contributed by atoms with Crippen molar-refractivity contribution in [3.05, 3.63) is 34.8 Å². The summed E-state index contributed by atoms with van der Waals surface area (Å²) in [5.74, 6) is 0.488. The molecule has 0 saturated heterocycles. The first-order chi connectivity index (χ1) is 12.5. The van der Waals surface area contributed by atoms with Gasteiger partial charge in [-0.3, -0.25) is 14.9 Å². The van der Waals surface area contributed by atoms with Crippen molar-refractivity contribution in [2.75, 3.05) is 12.4 Å². The van der Waals surface area contributed by atoms with Crippen molar-refractivity contribution in [3.63, 3.8) is 0 Å². The Hall–Kier alpha value is -2.48. The molecule has 8 heteroatoms. The number of carbonyl (C=O) groups is 2. The van der Waals surface area contributed by atoms with Crippen LogP contribution in [0.5, 0.6) is 5.75 Å². The van der Waals surface area contributed by atoms with Crippen LogP contribution >= 0.6 is 11.3 Å². The summed E-state index contributed by atoms with van der Waals surface area (Å²) in [4.78, 5) is 25.1. The number of anilines is 1. The lowest BCUT2D eigenvalue weighted by molar-refractivity contribution is -0.118. The quantitative estimate of drug-likeness (QED) is 0.777. The highest BCUT2D eigenvalue weighted by molar-refractivity contribution is 7.15. The molecule has 2 N–H and O–H groups in total. The van der Waals surface area contributed by atoms with Crippen molar-refractivity contribution in [1.82, 2.24) is 15.5 Å². The zero-order valence-electron chi connectivity index (χ0n) is 15.0. The number of rotatable bonds is 7. The molecular weight excluding hydrogens is 352 g/mol. The van der Waals surface area contributed by atoms with Gasteiger partial charge in [-0.05, 0) is 43.0 Å². The molecular formula is C18H22N4O3S. The van der Waals surface area contributed by atoms with E-state index >= 15 is 0 Å². The van der Waals surface area contributed by atoms with E-state index < -0.39 is 6.04 Å². The highest BCUT2D eigenvalue weighted by atomic mass is 32.1. The molecule has 1 aromatic carbocycles. The molecule has 1 aliphatic rings. The van der Waals surface area contributed by atoms with Crippen molar-refractivity contribution >= 4 is 28.3 Å². The fourth-order valence-corrected chi connectivity index (χ4v) is 3.38. The summed E-state index contributed by atoms with van der Waals surface area (Å²) in [5.41, 5.74) is 0.469. The number of hydrogen-bond acceptors (Lipinski definition) is 6. The van der Waals surface area contributed by atoms with E-state index in [4.69, 9.17) is 4.74 Å². The Balaban J connectivity index is 1.64. The summed E-state index contributed by atoms with van der Waals surface area (Å²) < 4.78 is 5.09. The maximum Gasteiger partial charge on any atom is 0.251 e. The monoisotopic (exact) mass is 374 g/mol. The Labute approximate surface area is 156 Å². The first-order valence-electron chi connectivity index (χ1n) is 8.57. The van der Waals surface area contributed by atoms with Crippen molar-refractivity contribution in [2.45, 2.75) is 38.6 Å². The van der Waals surface area contributed by atoms with Crippen molar-refractivity contribution in [1.29, 1.82) is 0 Å². The Bertz CT molecular complexity index is 784. The minimum absolute atomic E-state index is 0.0759. The smallest absolute Gasteiger partial charge is 0.251 e. The lowest BCUT2D eigenvalue weighted by Crippen LogP contribution is -2.47. The van der Waals surface area contributed by atoms with Gasteiger partial charge in [0.2, 0.25) is 11.0 Å². The normalized spacial score (nSPS) is 14.8. The fraction of sp³-hybridized carbons (Fsp3) is 0.444. The van der Waals surface area contributed by atoms with Crippen LogP contribution in [0, 0.1) is 5.92 Å². The van der Waals surface area contributed by atoms with Gasteiger partial charge in [0.15, 0.2) is 0 Å². The SMILES string of the molecule is COc1ccc(C(=O)NC(C(=O)Nc2nnc(C3CC3)s2)C(C)C)cc1. The van der Waals surface area contributed by atoms with Gasteiger partial charge in [-0.25, -0.2) is 0 Å². The predicted octanol–water partition coefficient (Wildman–Crippen LogP) is 2.82. The minimum atomic E-state index is -0.669. The van der Waals surface area contributed by atoms with Crippen molar-refractivity contribution in [2.24, 2.45) is 5.92 Å². The summed E-state index contributed by atoms with van der Waals surface area (Å²) in [6.45, 7) is 3.77. The summed E-state index contributed by atoms with van der Waals surface area (Å²) >= 11 is 1.40. The van der Waals surface area contributed by atoms with Crippen LogP contribution in [0.1, 0.15) is 48.0 Å². The standard InChI is InChI=1S/C18H22N4O3S/c1-10(2)14(19-15(23)11-6-8-13(25-3)9-7-11)16(24)20-18-22-21-17(26-18)12-4-5-12/h6-10,12,14H,4-5H2,1-3H3,(H,19,23)(H,20,22,24). The molecule has 138 valence electrons. The lowest BCUT2D eigenvalue weighted by atomic mass is 10.0. The molecule has 0 radical (unpaired) electrons. The molecule has 0 aliphatic heterocycles. The van der Waals surface area contributed by atoms with Gasteiger partial charge in [-0.2, -0.15) is 0 Å². The second-order valence-corrected chi connectivity index (χ2v) is 7.64. The third kappa shape index (κ3) is 4.37. The molecule has 0 bridgehead atoms. The molecule has 1 aliphatic carbocycles. The molecule has 1 aromatic heterocycles. The van der Waals surface area contributed by atoms with Crippen LogP contribution in [0.15, 0.2) is 24.3 Å². The van der Waals surface area contributed by atoms with E-state index in [-0.39, 0.29) is 17.7 Å². The summed E-state index contributed by atoms with van der Waals surface area (Å²) in [7, 11) is 1.57. The second-order valence-electron chi connectivity index (χ2n) is 6.63. The molecule has 7 nitrogen and oxygen atoms in total. The third-order valence-corrected chi connectivity index (χ3v) is 5.19. The van der Waals surface area contributed by atoms with Crippen LogP contribution in [0.25, 0.3) is 0 Å². The number of aromatic nitrogens is 2. The number of carbonyl (C=O) groups excluding carboxylic acids is 2. The zero-order valence-corrected chi connectivity index (χ0v) is 15.8. The molecule has 1 unspecified atom stereocenters. The van der Waals surface area contributed by atoms with Crippen molar-refractivity contribution < 1.29 is 14.3 Å². The fourth-order valence-electron chi connectivity index (χ4n) is 2.47. The maximum absolute atomic E-state index is 12.6. The summed E-state index contributed by atoms with van der Waals surface area (Å²) in [6.07, 6.45) is 2.27. The average Bonchev–Trinajstić information content (AvgIpc) is 3.38. The van der Waals surface area contributed by atoms with Crippen LogP contribution in [-0.4, -0.2) is 35.2 Å². The van der Waals surface area contributed by atoms with E-state index in [0.29, 0.717) is 22.4 Å². The Morgan fingerprint density at radius 1 is 1.19 bits per heavy atom. The van der Waals surface area contributed by atoms with Gasteiger partial charge in [-0.1, -0.05) is 25.2 Å². The number of methoxy groups -OCH3 is 1. The van der Waals surface area contributed by atoms with Gasteiger partial charge >= 0.3 is 0 Å². The first kappa shape index (κ1) is 18.3. The van der Waals surface area contributed by atoms with Gasteiger partial charge in [0, 0.05) is 11.5 Å².